The van der Waals surface area contributed by atoms with Gasteiger partial charge in [0.05, 0.1) is 18.8 Å². The highest BCUT2D eigenvalue weighted by Gasteiger charge is 2.12. The Morgan fingerprint density at radius 1 is 1.33 bits per heavy atom. The van der Waals surface area contributed by atoms with Crippen molar-refractivity contribution in [1.82, 2.24) is 15.6 Å². The summed E-state index contributed by atoms with van der Waals surface area (Å²) in [5.41, 5.74) is 1.62. The summed E-state index contributed by atoms with van der Waals surface area (Å²) in [7, 11) is 0. The van der Waals surface area contributed by atoms with E-state index in [4.69, 9.17) is 21.1 Å². The van der Waals surface area contributed by atoms with Gasteiger partial charge in [0, 0.05) is 17.1 Å². The van der Waals surface area contributed by atoms with Gasteiger partial charge in [0.1, 0.15) is 0 Å². The number of aliphatic hydroxyl groups excluding tert-OH is 1. The molecule has 6 nitrogen and oxygen atoms in total. The minimum Gasteiger partial charge on any atom is -0.438 e. The van der Waals surface area contributed by atoms with Gasteiger partial charge in [-0.05, 0) is 31.2 Å². The molecule has 1 aromatic carbocycles. The van der Waals surface area contributed by atoms with Crippen molar-refractivity contribution < 1.29 is 14.3 Å². The number of rotatable bonds is 5. The molecule has 7 heteroatoms. The molecule has 0 bridgehead atoms. The molecule has 0 aliphatic heterocycles. The first kappa shape index (κ1) is 15.3. The maximum atomic E-state index is 11.4. The van der Waals surface area contributed by atoms with Gasteiger partial charge < -0.3 is 20.2 Å². The number of benzene rings is 1. The molecule has 0 fully saturated rings. The van der Waals surface area contributed by atoms with Crippen molar-refractivity contribution in [3.63, 3.8) is 0 Å². The SMILES string of the molecule is Cc1nc(CNC(=O)NCCO)oc1-c1ccc(Cl)cc1. The maximum absolute atomic E-state index is 11.4. The second-order valence-corrected chi connectivity index (χ2v) is 4.80. The molecule has 2 amide bonds. The number of hydrogen-bond acceptors (Lipinski definition) is 4. The highest BCUT2D eigenvalue weighted by atomic mass is 35.5. The third kappa shape index (κ3) is 4.21. The smallest absolute Gasteiger partial charge is 0.315 e. The molecule has 1 aromatic heterocycles. The first-order chi connectivity index (χ1) is 10.1. The van der Waals surface area contributed by atoms with E-state index in [1.165, 1.54) is 0 Å². The van der Waals surface area contributed by atoms with Crippen LogP contribution in [-0.2, 0) is 6.54 Å². The summed E-state index contributed by atoms with van der Waals surface area (Å²) in [6, 6.07) is 6.87. The quantitative estimate of drug-likeness (QED) is 0.789. The lowest BCUT2D eigenvalue weighted by Crippen LogP contribution is -2.36. The Labute approximate surface area is 127 Å². The minimum absolute atomic E-state index is 0.105. The van der Waals surface area contributed by atoms with Crippen LogP contribution in [0.3, 0.4) is 0 Å². The van der Waals surface area contributed by atoms with Gasteiger partial charge in [0.25, 0.3) is 0 Å². The van der Waals surface area contributed by atoms with Gasteiger partial charge in [-0.15, -0.1) is 0 Å². The number of aliphatic hydroxyl groups is 1. The number of halogens is 1. The summed E-state index contributed by atoms with van der Waals surface area (Å²) in [5.74, 6) is 1.07. The summed E-state index contributed by atoms with van der Waals surface area (Å²) in [6.45, 7) is 2.10. The van der Waals surface area contributed by atoms with Gasteiger partial charge in [-0.1, -0.05) is 11.6 Å². The predicted octanol–water partition coefficient (Wildman–Crippen LogP) is 2.09. The fraction of sp³-hybridized carbons (Fsp3) is 0.286. The van der Waals surface area contributed by atoms with Gasteiger partial charge in [-0.2, -0.15) is 0 Å². The van der Waals surface area contributed by atoms with E-state index in [-0.39, 0.29) is 25.7 Å². The summed E-state index contributed by atoms with van der Waals surface area (Å²) in [4.78, 5) is 15.6. The van der Waals surface area contributed by atoms with Crippen molar-refractivity contribution in [3.05, 3.63) is 40.9 Å². The molecule has 0 spiro atoms. The van der Waals surface area contributed by atoms with Crippen LogP contribution >= 0.6 is 11.6 Å². The number of urea groups is 1. The molecule has 112 valence electrons. The van der Waals surface area contributed by atoms with Crippen LogP contribution in [0.25, 0.3) is 11.3 Å². The summed E-state index contributed by atoms with van der Waals surface area (Å²) in [5, 5.41) is 14.3. The van der Waals surface area contributed by atoms with Gasteiger partial charge in [0.15, 0.2) is 5.76 Å². The second kappa shape index (κ2) is 7.10. The molecule has 2 aromatic rings. The molecule has 0 unspecified atom stereocenters. The summed E-state index contributed by atoms with van der Waals surface area (Å²) in [6.07, 6.45) is 0. The van der Waals surface area contributed by atoms with E-state index < -0.39 is 0 Å². The zero-order valence-corrected chi connectivity index (χ0v) is 12.3. The number of carbonyl (C=O) groups excluding carboxylic acids is 1. The van der Waals surface area contributed by atoms with Crippen molar-refractivity contribution in [2.45, 2.75) is 13.5 Å². The topological polar surface area (TPSA) is 87.4 Å². The number of oxazole rings is 1. The van der Waals surface area contributed by atoms with Crippen LogP contribution in [0, 0.1) is 6.92 Å². The summed E-state index contributed by atoms with van der Waals surface area (Å²) < 4.78 is 5.65. The lowest BCUT2D eigenvalue weighted by molar-refractivity contribution is 0.233. The third-order valence-electron chi connectivity index (χ3n) is 2.74. The van der Waals surface area contributed by atoms with Crippen LogP contribution in [0.15, 0.2) is 28.7 Å². The molecular weight excluding hydrogens is 294 g/mol. The molecule has 0 saturated carbocycles. The molecule has 0 saturated heterocycles. The number of nitrogens with one attached hydrogen (secondary N) is 2. The monoisotopic (exact) mass is 309 g/mol. The fourth-order valence-corrected chi connectivity index (χ4v) is 1.91. The Hall–Kier alpha value is -2.05. The molecule has 21 heavy (non-hydrogen) atoms. The van der Waals surface area contributed by atoms with Crippen LogP contribution < -0.4 is 10.6 Å². The Morgan fingerprint density at radius 2 is 2.05 bits per heavy atom. The molecule has 0 aliphatic rings. The number of carbonyl (C=O) groups is 1. The molecule has 2 rings (SSSR count). The van der Waals surface area contributed by atoms with Crippen LogP contribution in [-0.4, -0.2) is 29.3 Å². The first-order valence-corrected chi connectivity index (χ1v) is 6.82. The van der Waals surface area contributed by atoms with Crippen LogP contribution in [0.5, 0.6) is 0 Å². The Balaban J connectivity index is 2.02. The molecule has 3 N–H and O–H groups in total. The van der Waals surface area contributed by atoms with E-state index in [9.17, 15) is 4.79 Å². The van der Waals surface area contributed by atoms with Gasteiger partial charge in [-0.25, -0.2) is 9.78 Å². The van der Waals surface area contributed by atoms with Gasteiger partial charge >= 0.3 is 6.03 Å². The highest BCUT2D eigenvalue weighted by molar-refractivity contribution is 6.30. The van der Waals surface area contributed by atoms with Gasteiger partial charge in [0.2, 0.25) is 5.89 Å². The van der Waals surface area contributed by atoms with E-state index >= 15 is 0 Å². The first-order valence-electron chi connectivity index (χ1n) is 6.45. The standard InChI is InChI=1S/C14H16ClN3O3/c1-9-13(10-2-4-11(15)5-3-10)21-12(18-9)8-17-14(20)16-6-7-19/h2-5,19H,6-8H2,1H3,(H2,16,17,20). The maximum Gasteiger partial charge on any atom is 0.315 e. The highest BCUT2D eigenvalue weighted by Crippen LogP contribution is 2.25. The minimum atomic E-state index is -0.382. The van der Waals surface area contributed by atoms with Crippen molar-refractivity contribution in [3.8, 4) is 11.3 Å². The van der Waals surface area contributed by atoms with E-state index in [1.54, 1.807) is 12.1 Å². The number of amides is 2. The third-order valence-corrected chi connectivity index (χ3v) is 3.00. The van der Waals surface area contributed by atoms with Crippen molar-refractivity contribution in [1.29, 1.82) is 0 Å². The number of aromatic nitrogens is 1. The van der Waals surface area contributed by atoms with E-state index in [2.05, 4.69) is 15.6 Å². The van der Waals surface area contributed by atoms with Crippen LogP contribution in [0.2, 0.25) is 5.02 Å². The fourth-order valence-electron chi connectivity index (χ4n) is 1.78. The second-order valence-electron chi connectivity index (χ2n) is 4.36. The van der Waals surface area contributed by atoms with Gasteiger partial charge in [-0.3, -0.25) is 0 Å². The Kier molecular flexibility index (Phi) is 5.19. The predicted molar refractivity (Wildman–Crippen MR) is 79.0 cm³/mol. The number of nitrogens with zero attached hydrogens (tertiary/aromatic N) is 1. The normalized spacial score (nSPS) is 10.4. The summed E-state index contributed by atoms with van der Waals surface area (Å²) >= 11 is 5.85. The Morgan fingerprint density at radius 3 is 2.71 bits per heavy atom. The van der Waals surface area contributed by atoms with Crippen molar-refractivity contribution in [2.24, 2.45) is 0 Å². The van der Waals surface area contributed by atoms with E-state index in [1.807, 2.05) is 19.1 Å². The molecular formula is C14H16ClN3O3. The number of hydrogen-bond donors (Lipinski definition) is 3. The molecule has 1 heterocycles. The van der Waals surface area contributed by atoms with E-state index in [0.717, 1.165) is 11.3 Å². The largest absolute Gasteiger partial charge is 0.438 e. The average Bonchev–Trinajstić information content (AvgIpc) is 2.85. The lowest BCUT2D eigenvalue weighted by Gasteiger charge is -2.03. The van der Waals surface area contributed by atoms with Crippen molar-refractivity contribution in [2.75, 3.05) is 13.2 Å². The number of aryl methyl sites for hydroxylation is 1. The average molecular weight is 310 g/mol. The molecule has 0 atom stereocenters. The zero-order chi connectivity index (χ0) is 15.2. The van der Waals surface area contributed by atoms with Crippen LogP contribution in [0.4, 0.5) is 4.79 Å². The Bertz CT molecular complexity index is 610. The molecule has 0 radical (unpaired) electrons. The molecule has 0 aliphatic carbocycles. The van der Waals surface area contributed by atoms with E-state index in [0.29, 0.717) is 16.7 Å². The van der Waals surface area contributed by atoms with Crippen molar-refractivity contribution >= 4 is 17.6 Å². The zero-order valence-electron chi connectivity index (χ0n) is 11.5. The lowest BCUT2D eigenvalue weighted by atomic mass is 10.1. The van der Waals surface area contributed by atoms with Crippen LogP contribution in [0.1, 0.15) is 11.6 Å².